The van der Waals surface area contributed by atoms with E-state index < -0.39 is 12.0 Å². The summed E-state index contributed by atoms with van der Waals surface area (Å²) in [4.78, 5) is 10.7. The van der Waals surface area contributed by atoms with Crippen molar-refractivity contribution in [3.63, 3.8) is 0 Å². The number of rotatable bonds is 3. The zero-order chi connectivity index (χ0) is 10.7. The number of aliphatic carboxylic acids is 1. The van der Waals surface area contributed by atoms with Crippen molar-refractivity contribution >= 4 is 5.97 Å². The van der Waals surface area contributed by atoms with Crippen molar-refractivity contribution < 1.29 is 24.7 Å². The number of aliphatic hydroxyl groups is 1. The predicted octanol–water partition coefficient (Wildman–Crippen LogP) is -0.182. The van der Waals surface area contributed by atoms with Crippen molar-refractivity contribution in [1.82, 2.24) is 0 Å². The lowest BCUT2D eigenvalue weighted by Crippen LogP contribution is -2.45. The molecule has 1 atom stereocenters. The zero-order valence-corrected chi connectivity index (χ0v) is 7.71. The average molecular weight is 198 g/mol. The van der Waals surface area contributed by atoms with Crippen molar-refractivity contribution in [2.75, 3.05) is 0 Å². The molecule has 0 radical (unpaired) electrons. The van der Waals surface area contributed by atoms with E-state index in [1.807, 2.05) is 0 Å². The second kappa shape index (κ2) is 4.06. The highest BCUT2D eigenvalue weighted by atomic mass is 16.4. The second-order valence-corrected chi connectivity index (χ2v) is 2.96. The molecule has 1 rings (SSSR count). The molecule has 0 saturated carbocycles. The molecule has 0 unspecified atom stereocenters. The van der Waals surface area contributed by atoms with Gasteiger partial charge in [0.2, 0.25) is 11.9 Å². The van der Waals surface area contributed by atoms with E-state index in [9.17, 15) is 4.79 Å². The van der Waals surface area contributed by atoms with Gasteiger partial charge in [-0.3, -0.25) is 0 Å². The number of aliphatic hydroxyl groups excluding tert-OH is 1. The summed E-state index contributed by atoms with van der Waals surface area (Å²) in [6, 6.07) is 2.06. The minimum Gasteiger partial charge on any atom is -0.503 e. The summed E-state index contributed by atoms with van der Waals surface area (Å²) < 4.78 is 1.32. The Bertz CT molecular complexity index is 351. The van der Waals surface area contributed by atoms with E-state index >= 15 is 0 Å². The van der Waals surface area contributed by atoms with Crippen molar-refractivity contribution in [2.45, 2.75) is 19.6 Å². The van der Waals surface area contributed by atoms with Gasteiger partial charge in [-0.1, -0.05) is 0 Å². The molecule has 14 heavy (non-hydrogen) atoms. The lowest BCUT2D eigenvalue weighted by Gasteiger charge is -2.05. The number of aromatic nitrogens is 1. The van der Waals surface area contributed by atoms with Crippen LogP contribution in [0.4, 0.5) is 0 Å². The van der Waals surface area contributed by atoms with Gasteiger partial charge >= 0.3 is 5.97 Å². The molecule has 3 N–H and O–H groups in total. The second-order valence-electron chi connectivity index (χ2n) is 2.96. The minimum atomic E-state index is -1.02. The third-order valence-corrected chi connectivity index (χ3v) is 1.99. The summed E-state index contributed by atoms with van der Waals surface area (Å²) >= 11 is 0. The van der Waals surface area contributed by atoms with Crippen LogP contribution in [-0.4, -0.2) is 21.3 Å². The summed E-state index contributed by atoms with van der Waals surface area (Å²) in [5.74, 6) is -1.05. The SMILES string of the molecule is C[C@@H](C(=O)O)[n+]1cc(O)ccc1CO. The Morgan fingerprint density at radius 3 is 2.71 bits per heavy atom. The van der Waals surface area contributed by atoms with Crippen LogP contribution in [0, 0.1) is 0 Å². The third-order valence-electron chi connectivity index (χ3n) is 1.99. The number of carbonyl (C=O) groups is 1. The summed E-state index contributed by atoms with van der Waals surface area (Å²) in [6.45, 7) is 1.21. The maximum Gasteiger partial charge on any atom is 0.373 e. The molecule has 5 nitrogen and oxygen atoms in total. The lowest BCUT2D eigenvalue weighted by atomic mass is 10.2. The highest BCUT2D eigenvalue weighted by Crippen LogP contribution is 2.08. The maximum atomic E-state index is 10.7. The van der Waals surface area contributed by atoms with Crippen LogP contribution in [0.15, 0.2) is 18.3 Å². The molecule has 0 fully saturated rings. The topological polar surface area (TPSA) is 81.6 Å². The fraction of sp³-hybridized carbons (Fsp3) is 0.333. The van der Waals surface area contributed by atoms with Crippen LogP contribution in [0.5, 0.6) is 5.75 Å². The van der Waals surface area contributed by atoms with Gasteiger partial charge < -0.3 is 15.3 Å². The molecule has 0 amide bonds. The summed E-state index contributed by atoms with van der Waals surface area (Å²) in [7, 11) is 0. The molecular weight excluding hydrogens is 186 g/mol. The standard InChI is InChI=1S/C9H11NO4/c1-6(9(13)14)10-4-8(12)3-2-7(10)5-11/h2-4,6,11H,5H2,1H3,(H-,12,13,14)/p+1/t6-/m0/s1. The Labute approximate surface area is 80.9 Å². The van der Waals surface area contributed by atoms with Gasteiger partial charge in [-0.15, -0.1) is 0 Å². The molecule has 5 heteroatoms. The van der Waals surface area contributed by atoms with E-state index in [2.05, 4.69) is 0 Å². The first-order chi connectivity index (χ1) is 6.56. The van der Waals surface area contributed by atoms with Crippen LogP contribution in [0.1, 0.15) is 18.7 Å². The number of aromatic hydroxyl groups is 1. The van der Waals surface area contributed by atoms with Gasteiger partial charge in [-0.2, -0.15) is 4.57 Å². The first-order valence-electron chi connectivity index (χ1n) is 4.13. The number of hydrogen-bond donors (Lipinski definition) is 3. The van der Waals surface area contributed by atoms with Crippen molar-refractivity contribution in [2.24, 2.45) is 0 Å². The molecule has 0 saturated heterocycles. The van der Waals surface area contributed by atoms with Gasteiger partial charge in [0.15, 0.2) is 5.75 Å². The van der Waals surface area contributed by atoms with Crippen LogP contribution in [-0.2, 0) is 11.4 Å². The molecule has 76 valence electrons. The number of nitrogens with zero attached hydrogens (tertiary/aromatic N) is 1. The van der Waals surface area contributed by atoms with E-state index in [0.29, 0.717) is 5.69 Å². The predicted molar refractivity (Wildman–Crippen MR) is 46.6 cm³/mol. The van der Waals surface area contributed by atoms with Gasteiger partial charge in [0, 0.05) is 13.0 Å². The highest BCUT2D eigenvalue weighted by molar-refractivity contribution is 5.69. The summed E-state index contributed by atoms with van der Waals surface area (Å²) in [5, 5.41) is 26.9. The van der Waals surface area contributed by atoms with E-state index in [-0.39, 0.29) is 12.4 Å². The molecule has 0 aromatic carbocycles. The molecule has 1 aromatic heterocycles. The van der Waals surface area contributed by atoms with Crippen LogP contribution in [0.3, 0.4) is 0 Å². The molecule has 0 aliphatic carbocycles. The van der Waals surface area contributed by atoms with Gasteiger partial charge in [-0.05, 0) is 6.07 Å². The third kappa shape index (κ3) is 2.00. The Hall–Kier alpha value is -1.62. The Balaban J connectivity index is 3.16. The molecule has 0 aliphatic rings. The first-order valence-corrected chi connectivity index (χ1v) is 4.13. The number of carboxylic acids is 1. The monoisotopic (exact) mass is 198 g/mol. The Morgan fingerprint density at radius 2 is 2.21 bits per heavy atom. The van der Waals surface area contributed by atoms with Gasteiger partial charge in [-0.25, -0.2) is 4.79 Å². The molecule has 0 spiro atoms. The van der Waals surface area contributed by atoms with E-state index in [0.717, 1.165) is 0 Å². The van der Waals surface area contributed by atoms with Crippen LogP contribution < -0.4 is 4.57 Å². The van der Waals surface area contributed by atoms with E-state index in [1.54, 1.807) is 0 Å². The normalized spacial score (nSPS) is 12.4. The van der Waals surface area contributed by atoms with Gasteiger partial charge in [0.05, 0.1) is 0 Å². The van der Waals surface area contributed by atoms with E-state index in [4.69, 9.17) is 15.3 Å². The van der Waals surface area contributed by atoms with Crippen molar-refractivity contribution in [3.05, 3.63) is 24.0 Å². The van der Waals surface area contributed by atoms with Gasteiger partial charge in [0.25, 0.3) is 6.04 Å². The summed E-state index contributed by atoms with van der Waals surface area (Å²) in [5.41, 5.74) is 0.442. The molecular formula is C9H12NO4+. The first kappa shape index (κ1) is 10.5. The smallest absolute Gasteiger partial charge is 0.373 e. The fourth-order valence-electron chi connectivity index (χ4n) is 1.15. The Kier molecular flexibility index (Phi) is 3.03. The number of hydrogen-bond acceptors (Lipinski definition) is 3. The minimum absolute atomic E-state index is 0.0321. The Morgan fingerprint density at radius 1 is 1.57 bits per heavy atom. The largest absolute Gasteiger partial charge is 0.503 e. The zero-order valence-electron chi connectivity index (χ0n) is 7.71. The quantitative estimate of drug-likeness (QED) is 0.588. The average Bonchev–Trinajstić information content (AvgIpc) is 2.16. The van der Waals surface area contributed by atoms with Crippen molar-refractivity contribution in [1.29, 1.82) is 0 Å². The van der Waals surface area contributed by atoms with Crippen LogP contribution in [0.2, 0.25) is 0 Å². The maximum absolute atomic E-state index is 10.7. The number of pyridine rings is 1. The van der Waals surface area contributed by atoms with Gasteiger partial charge in [0.1, 0.15) is 6.61 Å². The van der Waals surface area contributed by atoms with Crippen molar-refractivity contribution in [3.8, 4) is 5.75 Å². The highest BCUT2D eigenvalue weighted by Gasteiger charge is 2.24. The lowest BCUT2D eigenvalue weighted by molar-refractivity contribution is -0.716. The van der Waals surface area contributed by atoms with Crippen LogP contribution >= 0.6 is 0 Å². The molecule has 1 heterocycles. The summed E-state index contributed by atoms with van der Waals surface area (Å²) in [6.07, 6.45) is 1.28. The molecule has 0 bridgehead atoms. The molecule has 0 aliphatic heterocycles. The van der Waals surface area contributed by atoms with E-state index in [1.165, 1.54) is 29.8 Å². The van der Waals surface area contributed by atoms with Crippen LogP contribution in [0.25, 0.3) is 0 Å². The fourth-order valence-corrected chi connectivity index (χ4v) is 1.15. The number of carboxylic acid groups (broad SMARTS) is 1. The molecule has 1 aromatic rings.